The Bertz CT molecular complexity index is 1420. The lowest BCUT2D eigenvalue weighted by molar-refractivity contribution is -0.137. The Balaban J connectivity index is 2.04. The number of nitrogens with zero attached hydrogens (tertiary/aromatic N) is 2. The van der Waals surface area contributed by atoms with Crippen molar-refractivity contribution in [3.63, 3.8) is 0 Å². The second-order valence-electron chi connectivity index (χ2n) is 9.41. The van der Waals surface area contributed by atoms with E-state index in [0.29, 0.717) is 29.1 Å². The standard InChI is InChI=1S/C33H31F3N2O/c1-5-6-7-8-17-39-32-21-27(19-29(22-37)25-11-9-23(2)10-12-25)24(3)18-28(32)20-31(38-4)26-13-15-30(16-14-26)33(34,35)36/h9-16,18-21H,5-8,17H2,1-3H3/b29-19+,31-20-. The number of allylic oxidation sites excluding steroid dienone is 1. The lowest BCUT2D eigenvalue weighted by Gasteiger charge is -2.14. The highest BCUT2D eigenvalue weighted by atomic mass is 19.4. The number of alkyl halides is 3. The van der Waals surface area contributed by atoms with Crippen LogP contribution in [0.4, 0.5) is 13.2 Å². The Morgan fingerprint density at radius 1 is 0.923 bits per heavy atom. The molecule has 0 heterocycles. The summed E-state index contributed by atoms with van der Waals surface area (Å²) < 4.78 is 45.2. The molecule has 0 N–H and O–H groups in total. The van der Waals surface area contributed by atoms with Crippen LogP contribution in [0.1, 0.15) is 71.6 Å². The predicted molar refractivity (Wildman–Crippen MR) is 151 cm³/mol. The van der Waals surface area contributed by atoms with Gasteiger partial charge in [-0.3, -0.25) is 0 Å². The molecule has 0 aliphatic heterocycles. The first kappa shape index (κ1) is 29.3. The van der Waals surface area contributed by atoms with Crippen LogP contribution in [-0.2, 0) is 6.18 Å². The van der Waals surface area contributed by atoms with Crippen LogP contribution in [0.15, 0.2) is 60.7 Å². The van der Waals surface area contributed by atoms with E-state index in [1.165, 1.54) is 12.1 Å². The first-order valence-corrected chi connectivity index (χ1v) is 12.9. The van der Waals surface area contributed by atoms with Crippen molar-refractivity contribution in [3.8, 4) is 11.8 Å². The minimum Gasteiger partial charge on any atom is -0.493 e. The van der Waals surface area contributed by atoms with Crippen molar-refractivity contribution in [2.75, 3.05) is 6.61 Å². The SMILES string of the molecule is [C-]#[N+]/C(=C\c1cc(C)c(/C=C(\C#N)c2ccc(C)cc2)cc1OCCCCCC)c1ccc(C(F)(F)F)cc1. The third-order valence-corrected chi connectivity index (χ3v) is 6.36. The van der Waals surface area contributed by atoms with E-state index in [0.717, 1.165) is 60.1 Å². The summed E-state index contributed by atoms with van der Waals surface area (Å²) in [4.78, 5) is 3.59. The quantitative estimate of drug-likeness (QED) is 0.114. The van der Waals surface area contributed by atoms with Gasteiger partial charge in [-0.1, -0.05) is 80.3 Å². The van der Waals surface area contributed by atoms with Crippen molar-refractivity contribution >= 4 is 23.4 Å². The topological polar surface area (TPSA) is 37.4 Å². The number of hydrogen-bond acceptors (Lipinski definition) is 2. The van der Waals surface area contributed by atoms with Crippen molar-refractivity contribution in [3.05, 3.63) is 111 Å². The number of nitriles is 1. The lowest BCUT2D eigenvalue weighted by Crippen LogP contribution is -2.04. The average Bonchev–Trinajstić information content (AvgIpc) is 2.92. The summed E-state index contributed by atoms with van der Waals surface area (Å²) in [5, 5.41) is 9.83. The molecule has 0 atom stereocenters. The first-order chi connectivity index (χ1) is 18.7. The van der Waals surface area contributed by atoms with Gasteiger partial charge in [0.25, 0.3) is 0 Å². The van der Waals surface area contributed by atoms with Crippen molar-refractivity contribution < 1.29 is 17.9 Å². The third-order valence-electron chi connectivity index (χ3n) is 6.36. The summed E-state index contributed by atoms with van der Waals surface area (Å²) in [6.45, 7) is 14.2. The molecule has 0 saturated carbocycles. The van der Waals surface area contributed by atoms with E-state index in [1.807, 2.05) is 56.3 Å². The van der Waals surface area contributed by atoms with Gasteiger partial charge in [-0.25, -0.2) is 4.85 Å². The Hall–Kier alpha value is -4.29. The molecule has 0 saturated heterocycles. The Morgan fingerprint density at radius 2 is 1.59 bits per heavy atom. The largest absolute Gasteiger partial charge is 0.493 e. The van der Waals surface area contributed by atoms with E-state index < -0.39 is 11.7 Å². The molecular formula is C33H31F3N2O. The normalized spacial score (nSPS) is 12.1. The predicted octanol–water partition coefficient (Wildman–Crippen LogP) is 9.76. The van der Waals surface area contributed by atoms with Crippen molar-refractivity contribution in [2.24, 2.45) is 0 Å². The molecule has 3 aromatic carbocycles. The van der Waals surface area contributed by atoms with E-state index >= 15 is 0 Å². The highest BCUT2D eigenvalue weighted by Gasteiger charge is 2.30. The van der Waals surface area contributed by atoms with Crippen molar-refractivity contribution in [1.29, 1.82) is 5.26 Å². The van der Waals surface area contributed by atoms with Gasteiger partial charge in [0.1, 0.15) is 5.75 Å². The minimum atomic E-state index is -4.44. The molecule has 3 nitrogen and oxygen atoms in total. The zero-order chi connectivity index (χ0) is 28.4. The van der Waals surface area contributed by atoms with E-state index in [9.17, 15) is 18.4 Å². The molecule has 0 aliphatic rings. The molecule has 39 heavy (non-hydrogen) atoms. The zero-order valence-corrected chi connectivity index (χ0v) is 22.4. The lowest BCUT2D eigenvalue weighted by atomic mass is 9.97. The molecular weight excluding hydrogens is 497 g/mol. The number of ether oxygens (including phenoxy) is 1. The second kappa shape index (κ2) is 13.5. The summed E-state index contributed by atoms with van der Waals surface area (Å²) in [5.41, 5.74) is 4.60. The van der Waals surface area contributed by atoms with E-state index in [4.69, 9.17) is 11.3 Å². The molecule has 3 aromatic rings. The molecule has 6 heteroatoms. The summed E-state index contributed by atoms with van der Waals surface area (Å²) >= 11 is 0. The van der Waals surface area contributed by atoms with Gasteiger partial charge < -0.3 is 4.74 Å². The Morgan fingerprint density at radius 3 is 2.18 bits per heavy atom. The summed E-state index contributed by atoms with van der Waals surface area (Å²) in [6.07, 6.45) is 3.13. The fourth-order valence-corrected chi connectivity index (χ4v) is 4.06. The highest BCUT2D eigenvalue weighted by molar-refractivity contribution is 5.91. The molecule has 3 rings (SSSR count). The maximum Gasteiger partial charge on any atom is 0.416 e. The Kier molecular flexibility index (Phi) is 10.1. The molecule has 0 spiro atoms. The highest BCUT2D eigenvalue weighted by Crippen LogP contribution is 2.33. The van der Waals surface area contributed by atoms with E-state index in [-0.39, 0.29) is 5.70 Å². The fourth-order valence-electron chi connectivity index (χ4n) is 4.06. The molecule has 0 aliphatic carbocycles. The van der Waals surface area contributed by atoms with Crippen LogP contribution in [0.2, 0.25) is 0 Å². The summed E-state index contributed by atoms with van der Waals surface area (Å²) in [7, 11) is 0. The van der Waals surface area contributed by atoms with Crippen LogP contribution in [-0.4, -0.2) is 6.61 Å². The number of halogens is 3. The van der Waals surface area contributed by atoms with Gasteiger partial charge in [0.05, 0.1) is 30.4 Å². The monoisotopic (exact) mass is 528 g/mol. The van der Waals surface area contributed by atoms with Gasteiger partial charge in [-0.15, -0.1) is 0 Å². The van der Waals surface area contributed by atoms with Crippen molar-refractivity contribution in [1.82, 2.24) is 0 Å². The van der Waals surface area contributed by atoms with Gasteiger partial charge in [0, 0.05) is 5.56 Å². The van der Waals surface area contributed by atoms with Gasteiger partial charge in [0.2, 0.25) is 0 Å². The minimum absolute atomic E-state index is 0.208. The number of unbranched alkanes of at least 4 members (excludes halogenated alkanes) is 3. The summed E-state index contributed by atoms with van der Waals surface area (Å²) in [6, 6.07) is 18.3. The van der Waals surface area contributed by atoms with Crippen molar-refractivity contribution in [2.45, 2.75) is 52.6 Å². The van der Waals surface area contributed by atoms with Crippen LogP contribution in [0, 0.1) is 31.8 Å². The molecule has 0 bridgehead atoms. The molecule has 0 radical (unpaired) electrons. The third kappa shape index (κ3) is 8.09. The van der Waals surface area contributed by atoms with Crippen LogP contribution < -0.4 is 4.74 Å². The van der Waals surface area contributed by atoms with Crippen LogP contribution in [0.3, 0.4) is 0 Å². The van der Waals surface area contributed by atoms with Crippen LogP contribution in [0.25, 0.3) is 28.3 Å². The second-order valence-corrected chi connectivity index (χ2v) is 9.41. The fraction of sp³-hybridized carbons (Fsp3) is 0.273. The maximum absolute atomic E-state index is 13.0. The summed E-state index contributed by atoms with van der Waals surface area (Å²) in [5.74, 6) is 0.553. The van der Waals surface area contributed by atoms with E-state index in [2.05, 4.69) is 17.8 Å². The number of hydrogen-bond donors (Lipinski definition) is 0. The molecule has 0 unspecified atom stereocenters. The molecule has 0 aromatic heterocycles. The first-order valence-electron chi connectivity index (χ1n) is 12.9. The Labute approximate surface area is 228 Å². The van der Waals surface area contributed by atoms with Gasteiger partial charge >= 0.3 is 6.18 Å². The number of rotatable bonds is 10. The van der Waals surface area contributed by atoms with E-state index in [1.54, 1.807) is 6.08 Å². The van der Waals surface area contributed by atoms with Gasteiger partial charge in [-0.2, -0.15) is 18.4 Å². The van der Waals surface area contributed by atoms with Crippen LogP contribution >= 0.6 is 0 Å². The van der Waals surface area contributed by atoms with Gasteiger partial charge in [-0.05, 0) is 66.8 Å². The average molecular weight is 529 g/mol. The smallest absolute Gasteiger partial charge is 0.416 e. The molecule has 0 amide bonds. The number of aryl methyl sites for hydroxylation is 2. The molecule has 200 valence electrons. The van der Waals surface area contributed by atoms with Gasteiger partial charge in [0.15, 0.2) is 5.70 Å². The van der Waals surface area contributed by atoms with Crippen LogP contribution in [0.5, 0.6) is 5.75 Å². The number of benzene rings is 3. The maximum atomic E-state index is 13.0. The molecule has 0 fully saturated rings. The zero-order valence-electron chi connectivity index (χ0n) is 22.4.